The van der Waals surface area contributed by atoms with E-state index in [9.17, 15) is 0 Å². The molecule has 0 saturated heterocycles. The summed E-state index contributed by atoms with van der Waals surface area (Å²) in [6.07, 6.45) is 2.50. The van der Waals surface area contributed by atoms with Crippen molar-refractivity contribution >= 4 is 15.9 Å². The molecule has 2 N–H and O–H groups in total. The molecule has 0 aromatic carbocycles. The number of aromatic nitrogens is 3. The van der Waals surface area contributed by atoms with Gasteiger partial charge in [0.05, 0.1) is 17.8 Å². The molecule has 0 radical (unpaired) electrons. The van der Waals surface area contributed by atoms with Gasteiger partial charge in [-0.15, -0.1) is 5.10 Å². The summed E-state index contributed by atoms with van der Waals surface area (Å²) < 4.78 is 8.17. The molecular weight excluding hydrogens is 272 g/mol. The largest absolute Gasteiger partial charge is 0.376 e. The van der Waals surface area contributed by atoms with Gasteiger partial charge in [-0.3, -0.25) is 0 Å². The number of nitrogens with zero attached hydrogens (tertiary/aromatic N) is 3. The molecule has 1 aliphatic carbocycles. The lowest BCUT2D eigenvalue weighted by molar-refractivity contribution is 0.0264. The highest BCUT2D eigenvalue weighted by Gasteiger charge is 2.38. The predicted octanol–water partition coefficient (Wildman–Crippen LogP) is 1.39. The minimum absolute atomic E-state index is 0.0819. The van der Waals surface area contributed by atoms with Crippen LogP contribution in [-0.2, 0) is 11.8 Å². The first-order valence-corrected chi connectivity index (χ1v) is 6.36. The van der Waals surface area contributed by atoms with E-state index in [0.717, 1.165) is 5.69 Å². The molecule has 2 unspecified atom stereocenters. The Hall–Kier alpha value is -0.460. The summed E-state index contributed by atoms with van der Waals surface area (Å²) in [6, 6.07) is -0.165. The van der Waals surface area contributed by atoms with Crippen molar-refractivity contribution in [3.8, 4) is 0 Å². The Morgan fingerprint density at radius 2 is 2.31 bits per heavy atom. The van der Waals surface area contributed by atoms with Crippen LogP contribution in [0.2, 0.25) is 0 Å². The highest BCUT2D eigenvalue weighted by atomic mass is 79.9. The van der Waals surface area contributed by atoms with Crippen LogP contribution >= 0.6 is 15.9 Å². The van der Waals surface area contributed by atoms with Crippen LogP contribution in [0.5, 0.6) is 0 Å². The monoisotopic (exact) mass is 288 g/mol. The predicted molar refractivity (Wildman–Crippen MR) is 63.8 cm³/mol. The highest BCUT2D eigenvalue weighted by Crippen LogP contribution is 2.39. The number of nitrogens with two attached hydrogens (primary N) is 1. The average Bonchev–Trinajstić information content (AvgIpc) is 3.02. The third-order valence-electron chi connectivity index (χ3n) is 2.94. The summed E-state index contributed by atoms with van der Waals surface area (Å²) in [6.45, 7) is 2.69. The van der Waals surface area contributed by atoms with Crippen LogP contribution in [0.4, 0.5) is 0 Å². The molecule has 0 spiro atoms. The van der Waals surface area contributed by atoms with Gasteiger partial charge < -0.3 is 10.5 Å². The van der Waals surface area contributed by atoms with Gasteiger partial charge in [0.25, 0.3) is 0 Å². The number of aryl methyl sites for hydroxylation is 1. The number of hydrogen-bond acceptors (Lipinski definition) is 4. The van der Waals surface area contributed by atoms with Gasteiger partial charge in [-0.1, -0.05) is 5.21 Å². The molecule has 0 amide bonds. The number of rotatable bonds is 5. The molecule has 90 valence electrons. The minimum Gasteiger partial charge on any atom is -0.376 e. The van der Waals surface area contributed by atoms with Crippen LogP contribution in [0.1, 0.15) is 31.5 Å². The second kappa shape index (κ2) is 4.81. The van der Waals surface area contributed by atoms with Crippen molar-refractivity contribution < 1.29 is 4.74 Å². The second-order valence-corrected chi connectivity index (χ2v) is 4.92. The lowest BCUT2D eigenvalue weighted by Crippen LogP contribution is -2.32. The fourth-order valence-corrected chi connectivity index (χ4v) is 2.59. The molecule has 1 fully saturated rings. The summed E-state index contributed by atoms with van der Waals surface area (Å²) in [5.74, 6) is 0.594. The molecule has 0 bridgehead atoms. The standard InChI is InChI=1S/C10H17BrN4O/c1-3-16-9(6-4-5-6)7(12)8-10(11)13-14-15(8)2/h6-7,9H,3-5,12H2,1-2H3. The van der Waals surface area contributed by atoms with E-state index in [1.165, 1.54) is 12.8 Å². The number of hydrogen-bond donors (Lipinski definition) is 1. The smallest absolute Gasteiger partial charge is 0.153 e. The van der Waals surface area contributed by atoms with Crippen LogP contribution in [0.15, 0.2) is 4.60 Å². The summed E-state index contributed by atoms with van der Waals surface area (Å²) >= 11 is 3.38. The molecule has 2 atom stereocenters. The van der Waals surface area contributed by atoms with Crippen molar-refractivity contribution in [1.29, 1.82) is 0 Å². The molecule has 1 aliphatic rings. The summed E-state index contributed by atoms with van der Waals surface area (Å²) in [7, 11) is 1.85. The Morgan fingerprint density at radius 3 is 2.75 bits per heavy atom. The van der Waals surface area contributed by atoms with Crippen LogP contribution in [0.25, 0.3) is 0 Å². The molecule has 16 heavy (non-hydrogen) atoms. The molecule has 0 aliphatic heterocycles. The zero-order valence-corrected chi connectivity index (χ0v) is 11.1. The van der Waals surface area contributed by atoms with Gasteiger partial charge in [0, 0.05) is 13.7 Å². The van der Waals surface area contributed by atoms with Gasteiger partial charge in [0.1, 0.15) is 0 Å². The number of halogens is 1. The summed E-state index contributed by atoms with van der Waals surface area (Å²) in [4.78, 5) is 0. The molecule has 5 nitrogen and oxygen atoms in total. The number of ether oxygens (including phenoxy) is 1. The zero-order valence-electron chi connectivity index (χ0n) is 9.56. The fraction of sp³-hybridized carbons (Fsp3) is 0.800. The lowest BCUT2D eigenvalue weighted by Gasteiger charge is -2.23. The van der Waals surface area contributed by atoms with Crippen molar-refractivity contribution in [3.05, 3.63) is 10.3 Å². The fourth-order valence-electron chi connectivity index (χ4n) is 2.00. The van der Waals surface area contributed by atoms with E-state index in [-0.39, 0.29) is 12.1 Å². The Kier molecular flexibility index (Phi) is 3.61. The molecule has 1 saturated carbocycles. The lowest BCUT2D eigenvalue weighted by atomic mass is 10.0. The van der Waals surface area contributed by atoms with E-state index < -0.39 is 0 Å². The topological polar surface area (TPSA) is 66.0 Å². The minimum atomic E-state index is -0.165. The molecule has 1 aromatic heterocycles. The Bertz CT molecular complexity index is 344. The third kappa shape index (κ3) is 2.28. The summed E-state index contributed by atoms with van der Waals surface area (Å²) in [5.41, 5.74) is 7.16. The second-order valence-electron chi connectivity index (χ2n) is 4.17. The quantitative estimate of drug-likeness (QED) is 0.889. The van der Waals surface area contributed by atoms with Gasteiger partial charge in [0.2, 0.25) is 0 Å². The van der Waals surface area contributed by atoms with E-state index in [1.54, 1.807) is 4.68 Å². The van der Waals surface area contributed by atoms with Crippen LogP contribution in [0, 0.1) is 5.92 Å². The van der Waals surface area contributed by atoms with Crippen molar-refractivity contribution in [1.82, 2.24) is 15.0 Å². The van der Waals surface area contributed by atoms with Crippen molar-refractivity contribution in [2.24, 2.45) is 18.7 Å². The third-order valence-corrected chi connectivity index (χ3v) is 3.51. The maximum Gasteiger partial charge on any atom is 0.153 e. The Morgan fingerprint density at radius 1 is 1.62 bits per heavy atom. The van der Waals surface area contributed by atoms with Crippen molar-refractivity contribution in [3.63, 3.8) is 0 Å². The van der Waals surface area contributed by atoms with Crippen molar-refractivity contribution in [2.45, 2.75) is 31.9 Å². The average molecular weight is 289 g/mol. The van der Waals surface area contributed by atoms with E-state index >= 15 is 0 Å². The normalized spacial score (nSPS) is 19.8. The van der Waals surface area contributed by atoms with Crippen molar-refractivity contribution in [2.75, 3.05) is 6.61 Å². The first kappa shape index (κ1) is 12.0. The van der Waals surface area contributed by atoms with E-state index in [1.807, 2.05) is 14.0 Å². The highest BCUT2D eigenvalue weighted by molar-refractivity contribution is 9.10. The van der Waals surface area contributed by atoms with Gasteiger partial charge in [-0.25, -0.2) is 4.68 Å². The Balaban J connectivity index is 2.18. The Labute approximate surface area is 103 Å². The summed E-state index contributed by atoms with van der Waals surface area (Å²) in [5, 5.41) is 7.90. The zero-order chi connectivity index (χ0) is 11.7. The van der Waals surface area contributed by atoms with Gasteiger partial charge in [-0.2, -0.15) is 0 Å². The first-order valence-electron chi connectivity index (χ1n) is 5.57. The van der Waals surface area contributed by atoms with E-state index in [0.29, 0.717) is 17.1 Å². The maximum atomic E-state index is 6.26. The van der Waals surface area contributed by atoms with Crippen LogP contribution in [-0.4, -0.2) is 27.7 Å². The van der Waals surface area contributed by atoms with Crippen LogP contribution in [0.3, 0.4) is 0 Å². The molecule has 1 aromatic rings. The molecule has 1 heterocycles. The molecule has 2 rings (SSSR count). The molecular formula is C10H17BrN4O. The van der Waals surface area contributed by atoms with Crippen LogP contribution < -0.4 is 5.73 Å². The van der Waals surface area contributed by atoms with Gasteiger partial charge in [-0.05, 0) is 41.6 Å². The first-order chi connectivity index (χ1) is 7.65. The molecule has 6 heteroatoms. The SMILES string of the molecule is CCOC(C1CC1)C(N)c1c(Br)nnn1C. The van der Waals surface area contributed by atoms with Gasteiger partial charge >= 0.3 is 0 Å². The van der Waals surface area contributed by atoms with E-state index in [2.05, 4.69) is 26.2 Å². The maximum absolute atomic E-state index is 6.26. The van der Waals surface area contributed by atoms with Gasteiger partial charge in [0.15, 0.2) is 4.60 Å². The van der Waals surface area contributed by atoms with E-state index in [4.69, 9.17) is 10.5 Å².